The first-order valence-electron chi connectivity index (χ1n) is 6.63. The van der Waals surface area contributed by atoms with Gasteiger partial charge < -0.3 is 4.74 Å². The lowest BCUT2D eigenvalue weighted by molar-refractivity contribution is -0.154. The molecule has 0 radical (unpaired) electrons. The van der Waals surface area contributed by atoms with Crippen LogP contribution in [-0.2, 0) is 25.9 Å². The van der Waals surface area contributed by atoms with E-state index in [1.807, 2.05) is 24.3 Å². The molecule has 1 aliphatic heterocycles. The molecule has 0 aliphatic carbocycles. The molecule has 114 valence electrons. The van der Waals surface area contributed by atoms with Crippen LogP contribution >= 0.6 is 23.6 Å². The Balaban J connectivity index is 1.68. The van der Waals surface area contributed by atoms with E-state index in [0.717, 1.165) is 15.1 Å². The van der Waals surface area contributed by atoms with Crippen molar-refractivity contribution in [3.05, 3.63) is 28.2 Å². The molecule has 1 fully saturated rings. The number of thiazole rings is 1. The Labute approximate surface area is 134 Å². The number of imide groups is 1. The van der Waals surface area contributed by atoms with Crippen molar-refractivity contribution in [2.75, 3.05) is 6.54 Å². The fourth-order valence-corrected chi connectivity index (χ4v) is 3.55. The molecule has 1 aromatic heterocycles. The molecule has 8 heteroatoms. The van der Waals surface area contributed by atoms with Crippen molar-refractivity contribution in [1.29, 1.82) is 0 Å². The van der Waals surface area contributed by atoms with Crippen LogP contribution in [0.3, 0.4) is 0 Å². The van der Waals surface area contributed by atoms with Gasteiger partial charge in [-0.3, -0.25) is 23.9 Å². The first kappa shape index (κ1) is 14.9. The zero-order valence-corrected chi connectivity index (χ0v) is 13.1. The average Bonchev–Trinajstić information content (AvgIpc) is 2.98. The Bertz CT molecular complexity index is 808. The van der Waals surface area contributed by atoms with Gasteiger partial charge >= 0.3 is 5.97 Å². The number of carbonyl (C=O) groups is 3. The summed E-state index contributed by atoms with van der Waals surface area (Å²) in [5, 5.41) is 0. The molecule has 0 bridgehead atoms. The van der Waals surface area contributed by atoms with Crippen molar-refractivity contribution in [2.24, 2.45) is 0 Å². The molecule has 22 heavy (non-hydrogen) atoms. The number of para-hydroxylation sites is 1. The SMILES string of the molecule is O=C(CN1C(=O)CCC1=O)OCn1c(=S)sc2ccccc21. The monoisotopic (exact) mass is 336 g/mol. The largest absolute Gasteiger partial charge is 0.442 e. The molecule has 0 N–H and O–H groups in total. The molecular weight excluding hydrogens is 324 g/mol. The van der Waals surface area contributed by atoms with E-state index in [2.05, 4.69) is 0 Å². The smallest absolute Gasteiger partial charge is 0.327 e. The summed E-state index contributed by atoms with van der Waals surface area (Å²) in [6.07, 6.45) is 0.318. The van der Waals surface area contributed by atoms with Crippen LogP contribution in [0.5, 0.6) is 0 Å². The Hall–Kier alpha value is -2.06. The van der Waals surface area contributed by atoms with Gasteiger partial charge in [0.2, 0.25) is 11.8 Å². The fourth-order valence-electron chi connectivity index (χ4n) is 2.25. The lowest BCUT2D eigenvalue weighted by Crippen LogP contribution is -2.35. The number of carbonyl (C=O) groups excluding carboxylic acids is 3. The van der Waals surface area contributed by atoms with Gasteiger partial charge in [0.25, 0.3) is 0 Å². The van der Waals surface area contributed by atoms with Crippen LogP contribution in [0.25, 0.3) is 10.2 Å². The van der Waals surface area contributed by atoms with Crippen LogP contribution in [0.4, 0.5) is 0 Å². The van der Waals surface area contributed by atoms with Gasteiger partial charge in [-0.15, -0.1) is 11.3 Å². The van der Waals surface area contributed by atoms with Crippen LogP contribution in [0.1, 0.15) is 12.8 Å². The molecule has 3 rings (SSSR count). The van der Waals surface area contributed by atoms with Gasteiger partial charge in [-0.05, 0) is 24.4 Å². The van der Waals surface area contributed by atoms with Crippen LogP contribution in [0.15, 0.2) is 24.3 Å². The van der Waals surface area contributed by atoms with Crippen LogP contribution in [0.2, 0.25) is 0 Å². The van der Waals surface area contributed by atoms with Gasteiger partial charge in [-0.25, -0.2) is 0 Å². The molecule has 1 aromatic carbocycles. The number of rotatable bonds is 4. The molecule has 1 saturated heterocycles. The van der Waals surface area contributed by atoms with Gasteiger partial charge in [0.05, 0.1) is 10.2 Å². The predicted molar refractivity (Wildman–Crippen MR) is 82.7 cm³/mol. The summed E-state index contributed by atoms with van der Waals surface area (Å²) >= 11 is 6.69. The molecule has 1 aliphatic rings. The second-order valence-corrected chi connectivity index (χ2v) is 6.46. The summed E-state index contributed by atoms with van der Waals surface area (Å²) in [5.41, 5.74) is 0.888. The van der Waals surface area contributed by atoms with Crippen LogP contribution < -0.4 is 0 Å². The molecule has 0 spiro atoms. The summed E-state index contributed by atoms with van der Waals surface area (Å²) in [6, 6.07) is 7.62. The van der Waals surface area contributed by atoms with E-state index in [9.17, 15) is 14.4 Å². The first-order chi connectivity index (χ1) is 10.6. The van der Waals surface area contributed by atoms with Gasteiger partial charge in [0.15, 0.2) is 10.7 Å². The molecule has 0 unspecified atom stereocenters. The van der Waals surface area contributed by atoms with Crippen LogP contribution in [-0.4, -0.2) is 33.8 Å². The minimum Gasteiger partial charge on any atom is -0.442 e. The number of aromatic nitrogens is 1. The zero-order valence-electron chi connectivity index (χ0n) is 11.5. The third-order valence-electron chi connectivity index (χ3n) is 3.37. The van der Waals surface area contributed by atoms with Crippen molar-refractivity contribution in [3.63, 3.8) is 0 Å². The maximum Gasteiger partial charge on any atom is 0.327 e. The quantitative estimate of drug-likeness (QED) is 0.486. The van der Waals surface area contributed by atoms with Crippen molar-refractivity contribution in [1.82, 2.24) is 9.47 Å². The standard InChI is InChI=1S/C14H12N2O4S2/c17-11-5-6-12(18)15(11)7-13(19)20-8-16-9-3-1-2-4-10(9)22-14(16)21/h1-4H,5-8H2. The summed E-state index contributed by atoms with van der Waals surface area (Å²) in [4.78, 5) is 35.7. The van der Waals surface area contributed by atoms with Gasteiger partial charge in [0, 0.05) is 12.8 Å². The van der Waals surface area contributed by atoms with Crippen molar-refractivity contribution >= 4 is 51.6 Å². The average molecular weight is 336 g/mol. The fraction of sp³-hybridized carbons (Fsp3) is 0.286. The number of ether oxygens (including phenoxy) is 1. The van der Waals surface area contributed by atoms with E-state index in [0.29, 0.717) is 3.95 Å². The predicted octanol–water partition coefficient (Wildman–Crippen LogP) is 2.08. The Morgan fingerprint density at radius 2 is 1.91 bits per heavy atom. The highest BCUT2D eigenvalue weighted by molar-refractivity contribution is 7.73. The summed E-state index contributed by atoms with van der Waals surface area (Å²) in [5.74, 6) is -1.29. The number of benzene rings is 1. The Morgan fingerprint density at radius 1 is 1.23 bits per heavy atom. The highest BCUT2D eigenvalue weighted by Gasteiger charge is 2.30. The van der Waals surface area contributed by atoms with E-state index in [1.54, 1.807) is 4.57 Å². The normalized spacial score (nSPS) is 14.8. The minimum atomic E-state index is -0.624. The Morgan fingerprint density at radius 3 is 2.64 bits per heavy atom. The van der Waals surface area contributed by atoms with Gasteiger partial charge in [-0.2, -0.15) is 0 Å². The third kappa shape index (κ3) is 2.79. The number of likely N-dealkylation sites (tertiary alicyclic amines) is 1. The topological polar surface area (TPSA) is 68.6 Å². The zero-order chi connectivity index (χ0) is 15.7. The van der Waals surface area contributed by atoms with Gasteiger partial charge in [0.1, 0.15) is 6.54 Å². The maximum absolute atomic E-state index is 11.8. The van der Waals surface area contributed by atoms with Crippen molar-refractivity contribution < 1.29 is 19.1 Å². The van der Waals surface area contributed by atoms with Crippen molar-refractivity contribution in [2.45, 2.75) is 19.6 Å². The molecule has 2 heterocycles. The van der Waals surface area contributed by atoms with Crippen molar-refractivity contribution in [3.8, 4) is 0 Å². The number of fused-ring (bicyclic) bond motifs is 1. The molecule has 0 atom stereocenters. The van der Waals surface area contributed by atoms with E-state index in [1.165, 1.54) is 11.3 Å². The highest BCUT2D eigenvalue weighted by Crippen LogP contribution is 2.22. The maximum atomic E-state index is 11.8. The van der Waals surface area contributed by atoms with E-state index in [-0.39, 0.29) is 37.9 Å². The minimum absolute atomic E-state index is 0.0299. The molecular formula is C14H12N2O4S2. The first-order valence-corrected chi connectivity index (χ1v) is 7.86. The lowest BCUT2D eigenvalue weighted by Gasteiger charge is -2.13. The summed E-state index contributed by atoms with van der Waals surface area (Å²) in [6.45, 7) is -0.370. The number of hydrogen-bond acceptors (Lipinski definition) is 6. The number of amides is 2. The van der Waals surface area contributed by atoms with Crippen LogP contribution in [0, 0.1) is 3.95 Å². The third-order valence-corrected chi connectivity index (χ3v) is 4.80. The van der Waals surface area contributed by atoms with E-state index in [4.69, 9.17) is 17.0 Å². The number of nitrogens with zero attached hydrogens (tertiary/aromatic N) is 2. The molecule has 2 amide bonds. The molecule has 2 aromatic rings. The van der Waals surface area contributed by atoms with E-state index < -0.39 is 5.97 Å². The summed E-state index contributed by atoms with van der Waals surface area (Å²) < 4.78 is 8.47. The van der Waals surface area contributed by atoms with E-state index >= 15 is 0 Å². The number of esters is 1. The Kier molecular flexibility index (Phi) is 4.04. The second kappa shape index (κ2) is 5.98. The highest BCUT2D eigenvalue weighted by atomic mass is 32.1. The lowest BCUT2D eigenvalue weighted by atomic mass is 10.3. The number of hydrogen-bond donors (Lipinski definition) is 0. The summed E-state index contributed by atoms with van der Waals surface area (Å²) in [7, 11) is 0. The molecule has 0 saturated carbocycles. The van der Waals surface area contributed by atoms with Gasteiger partial charge in [-0.1, -0.05) is 12.1 Å². The molecule has 6 nitrogen and oxygen atoms in total. The second-order valence-electron chi connectivity index (χ2n) is 4.78.